The number of benzene rings is 1. The Morgan fingerprint density at radius 2 is 2.12 bits per heavy atom. The topological polar surface area (TPSA) is 111 Å². The van der Waals surface area contributed by atoms with E-state index >= 15 is 0 Å². The van der Waals surface area contributed by atoms with Crippen LogP contribution < -0.4 is 5.32 Å². The maximum Gasteiger partial charge on any atom is 0.325 e. The van der Waals surface area contributed by atoms with Gasteiger partial charge in [-0.25, -0.2) is 0 Å². The van der Waals surface area contributed by atoms with E-state index in [9.17, 15) is 14.9 Å². The molecule has 1 saturated heterocycles. The third kappa shape index (κ3) is 4.30. The molecule has 10 heteroatoms. The lowest BCUT2D eigenvalue weighted by Gasteiger charge is -2.25. The fourth-order valence-electron chi connectivity index (χ4n) is 3.67. The first kappa shape index (κ1) is 21.4. The first-order valence-electron chi connectivity index (χ1n) is 9.96. The van der Waals surface area contributed by atoms with Gasteiger partial charge in [-0.05, 0) is 43.4 Å². The van der Waals surface area contributed by atoms with Crippen LogP contribution in [-0.2, 0) is 9.53 Å². The number of nitrogens with zero attached hydrogens (tertiary/aromatic N) is 3. The summed E-state index contributed by atoms with van der Waals surface area (Å²) in [4.78, 5) is 29.1. The minimum absolute atomic E-state index is 0.0283. The van der Waals surface area contributed by atoms with Gasteiger partial charge in [0.2, 0.25) is 0 Å². The van der Waals surface area contributed by atoms with Crippen molar-refractivity contribution in [2.45, 2.75) is 19.0 Å². The number of carbonyl (C=O) groups excluding carboxylic acids is 1. The second-order valence-electron chi connectivity index (χ2n) is 7.07. The molecular formula is C22H20N4O5S. The molecule has 0 bridgehead atoms. The van der Waals surface area contributed by atoms with Crippen LogP contribution >= 0.6 is 12.2 Å². The number of hydrogen-bond donors (Lipinski definition) is 1. The number of pyridine rings is 1. The van der Waals surface area contributed by atoms with Gasteiger partial charge < -0.3 is 19.4 Å². The van der Waals surface area contributed by atoms with Crippen LogP contribution in [0.5, 0.6) is 0 Å². The Morgan fingerprint density at radius 1 is 1.28 bits per heavy atom. The highest BCUT2D eigenvalue weighted by Gasteiger charge is 2.42. The number of non-ortho nitro benzene ring substituents is 1. The number of nitrogens with one attached hydrogen (secondary N) is 1. The van der Waals surface area contributed by atoms with Crippen molar-refractivity contribution >= 4 is 29.0 Å². The van der Waals surface area contributed by atoms with E-state index in [1.54, 1.807) is 42.3 Å². The van der Waals surface area contributed by atoms with Crippen molar-refractivity contribution in [2.24, 2.45) is 0 Å². The Kier molecular flexibility index (Phi) is 6.13. The number of furan rings is 1. The lowest BCUT2D eigenvalue weighted by Crippen LogP contribution is -2.35. The zero-order valence-corrected chi connectivity index (χ0v) is 18.0. The Morgan fingerprint density at radius 3 is 2.84 bits per heavy atom. The Labute approximate surface area is 189 Å². The number of thiocarbonyl (C=S) groups is 1. The van der Waals surface area contributed by atoms with Crippen molar-refractivity contribution in [3.8, 4) is 11.3 Å². The maximum atomic E-state index is 12.2. The van der Waals surface area contributed by atoms with Gasteiger partial charge in [0, 0.05) is 23.9 Å². The monoisotopic (exact) mass is 452 g/mol. The molecule has 2 aromatic heterocycles. The molecule has 164 valence electrons. The van der Waals surface area contributed by atoms with Gasteiger partial charge in [-0.15, -0.1) is 0 Å². The molecular weight excluding hydrogens is 432 g/mol. The number of esters is 1. The predicted octanol–water partition coefficient (Wildman–Crippen LogP) is 3.79. The van der Waals surface area contributed by atoms with Gasteiger partial charge in [-0.3, -0.25) is 19.9 Å². The van der Waals surface area contributed by atoms with E-state index in [4.69, 9.17) is 21.4 Å². The van der Waals surface area contributed by atoms with Crippen molar-refractivity contribution in [3.05, 3.63) is 82.4 Å². The van der Waals surface area contributed by atoms with E-state index in [0.717, 1.165) is 5.69 Å². The summed E-state index contributed by atoms with van der Waals surface area (Å²) in [6.45, 7) is 1.95. The zero-order valence-electron chi connectivity index (χ0n) is 17.1. The molecule has 0 aliphatic carbocycles. The highest BCUT2D eigenvalue weighted by Crippen LogP contribution is 2.40. The molecule has 3 heterocycles. The number of rotatable bonds is 7. The molecule has 1 aromatic carbocycles. The number of nitro benzene ring substituents is 1. The molecule has 32 heavy (non-hydrogen) atoms. The standard InChI is InChI=1S/C22H20N4O5S/c1-2-30-19(27)13-25-21(20(24-22(25)32)16-8-3-4-11-23-16)18-10-9-17(31-18)14-6-5-7-15(12-14)26(28)29/h3-12,20-21H,2,13H2,1H3,(H,24,32)/t20-,21+/m0/s1. The Bertz CT molecular complexity index is 1150. The number of hydrogen-bond acceptors (Lipinski definition) is 7. The summed E-state index contributed by atoms with van der Waals surface area (Å²) in [5, 5.41) is 14.7. The second-order valence-corrected chi connectivity index (χ2v) is 7.46. The number of nitro groups is 1. The first-order valence-corrected chi connectivity index (χ1v) is 10.4. The van der Waals surface area contributed by atoms with E-state index < -0.39 is 16.9 Å². The summed E-state index contributed by atoms with van der Waals surface area (Å²) in [6.07, 6.45) is 1.68. The molecule has 0 saturated carbocycles. The highest BCUT2D eigenvalue weighted by molar-refractivity contribution is 7.80. The van der Waals surface area contributed by atoms with E-state index in [0.29, 0.717) is 22.2 Å². The van der Waals surface area contributed by atoms with Crippen LogP contribution in [0.3, 0.4) is 0 Å². The Balaban J connectivity index is 1.71. The van der Waals surface area contributed by atoms with Gasteiger partial charge in [0.1, 0.15) is 24.1 Å². The van der Waals surface area contributed by atoms with E-state index in [1.165, 1.54) is 12.1 Å². The van der Waals surface area contributed by atoms with Crippen LogP contribution in [0.1, 0.15) is 30.5 Å². The fraction of sp³-hybridized carbons (Fsp3) is 0.227. The van der Waals surface area contributed by atoms with E-state index in [-0.39, 0.29) is 24.9 Å². The normalized spacial score (nSPS) is 17.8. The van der Waals surface area contributed by atoms with Crippen LogP contribution in [0.25, 0.3) is 11.3 Å². The molecule has 4 rings (SSSR count). The summed E-state index contributed by atoms with van der Waals surface area (Å²) in [5.41, 5.74) is 1.28. The fourth-order valence-corrected chi connectivity index (χ4v) is 3.98. The predicted molar refractivity (Wildman–Crippen MR) is 120 cm³/mol. The van der Waals surface area contributed by atoms with Crippen LogP contribution in [0, 0.1) is 10.1 Å². The summed E-state index contributed by atoms with van der Waals surface area (Å²) in [5.74, 6) is 0.602. The summed E-state index contributed by atoms with van der Waals surface area (Å²) >= 11 is 5.51. The summed E-state index contributed by atoms with van der Waals surface area (Å²) < 4.78 is 11.2. The lowest BCUT2D eigenvalue weighted by atomic mass is 10.0. The third-order valence-corrected chi connectivity index (χ3v) is 5.41. The molecule has 1 fully saturated rings. The van der Waals surface area contributed by atoms with Crippen molar-refractivity contribution in [1.82, 2.24) is 15.2 Å². The molecule has 1 aliphatic rings. The SMILES string of the molecule is CCOC(=O)CN1C(=S)N[C@@H](c2ccccn2)[C@H]1c1ccc(-c2cccc([N+](=O)[O-])c2)o1. The molecule has 0 unspecified atom stereocenters. The largest absolute Gasteiger partial charge is 0.465 e. The quantitative estimate of drug-likeness (QED) is 0.248. The van der Waals surface area contributed by atoms with Crippen LogP contribution in [0.4, 0.5) is 5.69 Å². The highest BCUT2D eigenvalue weighted by atomic mass is 32.1. The van der Waals surface area contributed by atoms with Gasteiger partial charge in [0.15, 0.2) is 5.11 Å². The van der Waals surface area contributed by atoms with Gasteiger partial charge in [0.05, 0.1) is 23.3 Å². The molecule has 9 nitrogen and oxygen atoms in total. The molecule has 3 aromatic rings. The minimum Gasteiger partial charge on any atom is -0.465 e. The molecule has 1 N–H and O–H groups in total. The summed E-state index contributed by atoms with van der Waals surface area (Å²) in [7, 11) is 0. The second kappa shape index (κ2) is 9.15. The first-order chi connectivity index (χ1) is 15.5. The van der Waals surface area contributed by atoms with Gasteiger partial charge in [-0.1, -0.05) is 18.2 Å². The van der Waals surface area contributed by atoms with E-state index in [2.05, 4.69) is 10.3 Å². The zero-order chi connectivity index (χ0) is 22.7. The van der Waals surface area contributed by atoms with E-state index in [1.807, 2.05) is 18.2 Å². The molecule has 0 radical (unpaired) electrons. The third-order valence-electron chi connectivity index (χ3n) is 5.06. The van der Waals surface area contributed by atoms with Gasteiger partial charge in [-0.2, -0.15) is 0 Å². The van der Waals surface area contributed by atoms with Crippen molar-refractivity contribution in [1.29, 1.82) is 0 Å². The van der Waals surface area contributed by atoms with Crippen LogP contribution in [0.2, 0.25) is 0 Å². The Hall–Kier alpha value is -3.79. The molecule has 1 aliphatic heterocycles. The average Bonchev–Trinajstić information content (AvgIpc) is 3.40. The maximum absolute atomic E-state index is 12.2. The summed E-state index contributed by atoms with van der Waals surface area (Å²) in [6, 6.07) is 14.5. The van der Waals surface area contributed by atoms with Gasteiger partial charge >= 0.3 is 5.97 Å². The molecule has 2 atom stereocenters. The van der Waals surface area contributed by atoms with Crippen LogP contribution in [0.15, 0.2) is 65.2 Å². The smallest absolute Gasteiger partial charge is 0.325 e. The van der Waals surface area contributed by atoms with Crippen molar-refractivity contribution < 1.29 is 18.9 Å². The number of aromatic nitrogens is 1. The number of ether oxygens (including phenoxy) is 1. The molecule has 0 amide bonds. The lowest BCUT2D eigenvalue weighted by molar-refractivity contribution is -0.384. The number of carbonyl (C=O) groups is 1. The minimum atomic E-state index is -0.464. The van der Waals surface area contributed by atoms with Gasteiger partial charge in [0.25, 0.3) is 5.69 Å². The van der Waals surface area contributed by atoms with Crippen molar-refractivity contribution in [2.75, 3.05) is 13.2 Å². The van der Waals surface area contributed by atoms with Crippen molar-refractivity contribution in [3.63, 3.8) is 0 Å². The molecule has 0 spiro atoms. The average molecular weight is 452 g/mol. The van der Waals surface area contributed by atoms with Crippen LogP contribution in [-0.4, -0.2) is 39.0 Å².